The minimum atomic E-state index is -3.31. The summed E-state index contributed by atoms with van der Waals surface area (Å²) < 4.78 is 25.8. The average Bonchev–Trinajstić information content (AvgIpc) is 3.29. The van der Waals surface area contributed by atoms with Crippen molar-refractivity contribution < 1.29 is 13.2 Å². The van der Waals surface area contributed by atoms with Crippen molar-refractivity contribution in [3.63, 3.8) is 0 Å². The Hall–Kier alpha value is -2.52. The second kappa shape index (κ2) is 13.0. The smallest absolute Gasteiger partial charge is 0.243 e. The number of anilines is 1. The van der Waals surface area contributed by atoms with Crippen molar-refractivity contribution in [1.82, 2.24) is 15.2 Å². The van der Waals surface area contributed by atoms with E-state index >= 15 is 0 Å². The van der Waals surface area contributed by atoms with E-state index in [4.69, 9.17) is 23.2 Å². The summed E-state index contributed by atoms with van der Waals surface area (Å²) in [5.74, 6) is 0.343. The highest BCUT2D eigenvalue weighted by Gasteiger charge is 2.22. The molecule has 2 aromatic carbocycles. The summed E-state index contributed by atoms with van der Waals surface area (Å²) in [6, 6.07) is 10.9. The number of benzene rings is 2. The predicted octanol–water partition coefficient (Wildman–Crippen LogP) is 6.03. The normalized spacial score (nSPS) is 15.3. The van der Waals surface area contributed by atoms with Crippen molar-refractivity contribution in [3.8, 4) is 0 Å². The van der Waals surface area contributed by atoms with Crippen molar-refractivity contribution in [2.24, 2.45) is 0 Å². The fourth-order valence-corrected chi connectivity index (χ4v) is 5.78. The first-order chi connectivity index (χ1) is 18.2. The lowest BCUT2D eigenvalue weighted by Gasteiger charge is -2.32. The molecule has 0 radical (unpaired) electrons. The molecule has 4 rings (SSSR count). The van der Waals surface area contributed by atoms with E-state index in [1.54, 1.807) is 24.3 Å². The number of hydrogen-bond donors (Lipinski definition) is 3. The van der Waals surface area contributed by atoms with Gasteiger partial charge in [-0.3, -0.25) is 9.52 Å². The molecule has 3 aromatic rings. The van der Waals surface area contributed by atoms with E-state index in [-0.39, 0.29) is 5.91 Å². The molecule has 0 unspecified atom stereocenters. The van der Waals surface area contributed by atoms with Crippen LogP contribution in [-0.4, -0.2) is 56.6 Å². The fourth-order valence-electron chi connectivity index (χ4n) is 4.92. The fraction of sp³-hybridized carbons (Fsp3) is 0.393. The molecule has 1 saturated heterocycles. The first-order valence-electron chi connectivity index (χ1n) is 12.9. The van der Waals surface area contributed by atoms with Crippen LogP contribution in [0.15, 0.2) is 48.7 Å². The molecule has 0 aliphatic carbocycles. The van der Waals surface area contributed by atoms with Crippen molar-refractivity contribution in [2.45, 2.75) is 38.0 Å². The van der Waals surface area contributed by atoms with Crippen LogP contribution >= 0.6 is 23.2 Å². The predicted molar refractivity (Wildman–Crippen MR) is 158 cm³/mol. The number of amides is 1. The minimum Gasteiger partial charge on any atom is -0.361 e. The second-order valence-corrected chi connectivity index (χ2v) is 12.4. The molecule has 0 saturated carbocycles. The largest absolute Gasteiger partial charge is 0.361 e. The van der Waals surface area contributed by atoms with E-state index in [9.17, 15) is 13.2 Å². The SMILES string of the molecule is CS(=O)(=O)Nc1ccc2[nH]cc(C3CCN(CCCCCNC(=O)/C=C/c4ccc(Cl)c(Cl)c4)CC3)c2c1. The van der Waals surface area contributed by atoms with Gasteiger partial charge in [0.05, 0.1) is 16.3 Å². The van der Waals surface area contributed by atoms with Gasteiger partial charge in [0, 0.05) is 35.4 Å². The number of sulfonamides is 1. The molecular weight excluding hydrogens is 543 g/mol. The number of carbonyl (C=O) groups is 1. The van der Waals surface area contributed by atoms with Gasteiger partial charge >= 0.3 is 0 Å². The first kappa shape index (κ1) is 28.5. The molecule has 0 atom stereocenters. The van der Waals surface area contributed by atoms with Crippen LogP contribution in [0, 0.1) is 0 Å². The number of fused-ring (bicyclic) bond motifs is 1. The monoisotopic (exact) mass is 576 g/mol. The lowest BCUT2D eigenvalue weighted by molar-refractivity contribution is -0.116. The van der Waals surface area contributed by atoms with Gasteiger partial charge in [0.1, 0.15) is 0 Å². The standard InChI is InChI=1S/C28H34Cl2N4O3S/c1-38(36,37)33-22-7-9-27-23(18-22)24(19-32-27)21-11-15-34(16-12-21)14-4-2-3-13-31-28(35)10-6-20-5-8-25(29)26(30)17-20/h5-10,17-19,21,32-33H,2-4,11-16H2,1H3,(H,31,35)/b10-6+. The molecule has 3 N–H and O–H groups in total. The van der Waals surface area contributed by atoms with Crippen LogP contribution < -0.4 is 10.0 Å². The van der Waals surface area contributed by atoms with Crippen LogP contribution in [0.2, 0.25) is 10.0 Å². The molecule has 1 aliphatic heterocycles. The third-order valence-electron chi connectivity index (χ3n) is 6.87. The van der Waals surface area contributed by atoms with Gasteiger partial charge in [-0.05, 0) is 98.8 Å². The highest BCUT2D eigenvalue weighted by molar-refractivity contribution is 7.92. The maximum atomic E-state index is 12.0. The van der Waals surface area contributed by atoms with E-state index < -0.39 is 10.0 Å². The van der Waals surface area contributed by atoms with Crippen molar-refractivity contribution in [1.29, 1.82) is 0 Å². The highest BCUT2D eigenvalue weighted by Crippen LogP contribution is 2.34. The molecule has 1 fully saturated rings. The average molecular weight is 578 g/mol. The molecule has 0 bridgehead atoms. The molecule has 38 heavy (non-hydrogen) atoms. The van der Waals surface area contributed by atoms with E-state index in [1.807, 2.05) is 18.2 Å². The van der Waals surface area contributed by atoms with Gasteiger partial charge in [-0.15, -0.1) is 0 Å². The van der Waals surface area contributed by atoms with E-state index in [2.05, 4.69) is 26.1 Å². The van der Waals surface area contributed by atoms with Crippen LogP contribution in [-0.2, 0) is 14.8 Å². The molecule has 204 valence electrons. The molecule has 1 amide bonds. The lowest BCUT2D eigenvalue weighted by atomic mass is 9.89. The number of hydrogen-bond acceptors (Lipinski definition) is 4. The molecule has 10 heteroatoms. The summed E-state index contributed by atoms with van der Waals surface area (Å²) in [5, 5.41) is 4.98. The Balaban J connectivity index is 1.14. The summed E-state index contributed by atoms with van der Waals surface area (Å²) in [6.07, 6.45) is 11.8. The van der Waals surface area contributed by atoms with Crippen LogP contribution in [0.5, 0.6) is 0 Å². The summed E-state index contributed by atoms with van der Waals surface area (Å²) in [4.78, 5) is 17.9. The summed E-state index contributed by atoms with van der Waals surface area (Å²) >= 11 is 11.9. The van der Waals surface area contributed by atoms with E-state index in [0.29, 0.717) is 28.2 Å². The zero-order valence-electron chi connectivity index (χ0n) is 21.5. The number of nitrogens with one attached hydrogen (secondary N) is 3. The number of piperidine rings is 1. The quantitative estimate of drug-likeness (QED) is 0.192. The Morgan fingerprint density at radius 1 is 1.08 bits per heavy atom. The Bertz CT molecular complexity index is 1400. The Morgan fingerprint density at radius 2 is 1.87 bits per heavy atom. The van der Waals surface area contributed by atoms with Gasteiger partial charge in [-0.1, -0.05) is 35.7 Å². The third kappa shape index (κ3) is 8.24. The Morgan fingerprint density at radius 3 is 2.61 bits per heavy atom. The maximum absolute atomic E-state index is 12.0. The van der Waals surface area contributed by atoms with Crippen LogP contribution in [0.3, 0.4) is 0 Å². The minimum absolute atomic E-state index is 0.116. The van der Waals surface area contributed by atoms with Crippen molar-refractivity contribution in [3.05, 3.63) is 69.8 Å². The number of nitrogens with zero attached hydrogens (tertiary/aromatic N) is 1. The second-order valence-electron chi connectivity index (χ2n) is 9.85. The zero-order chi connectivity index (χ0) is 27.1. The number of rotatable bonds is 11. The van der Waals surface area contributed by atoms with Crippen LogP contribution in [0.1, 0.15) is 49.1 Å². The van der Waals surface area contributed by atoms with Gasteiger partial charge < -0.3 is 15.2 Å². The van der Waals surface area contributed by atoms with Gasteiger partial charge in [0.25, 0.3) is 0 Å². The number of aromatic nitrogens is 1. The van der Waals surface area contributed by atoms with E-state index in [0.717, 1.165) is 68.2 Å². The zero-order valence-corrected chi connectivity index (χ0v) is 23.8. The number of unbranched alkanes of at least 4 members (excludes halogenated alkanes) is 2. The number of likely N-dealkylation sites (tertiary alicyclic amines) is 1. The van der Waals surface area contributed by atoms with Crippen LogP contribution in [0.4, 0.5) is 5.69 Å². The third-order valence-corrected chi connectivity index (χ3v) is 8.21. The lowest BCUT2D eigenvalue weighted by Crippen LogP contribution is -2.33. The van der Waals surface area contributed by atoms with Crippen molar-refractivity contribution >= 4 is 61.8 Å². The molecule has 1 aromatic heterocycles. The first-order valence-corrected chi connectivity index (χ1v) is 15.5. The van der Waals surface area contributed by atoms with Gasteiger partial charge in [-0.25, -0.2) is 8.42 Å². The van der Waals surface area contributed by atoms with Crippen molar-refractivity contribution in [2.75, 3.05) is 37.2 Å². The Labute approximate surface area is 234 Å². The number of aromatic amines is 1. The number of halogens is 2. The molecule has 2 heterocycles. The van der Waals surface area contributed by atoms with Gasteiger partial charge in [-0.2, -0.15) is 0 Å². The molecule has 1 aliphatic rings. The molecule has 7 nitrogen and oxygen atoms in total. The molecule has 0 spiro atoms. The summed E-state index contributed by atoms with van der Waals surface area (Å²) in [7, 11) is -3.31. The number of carbonyl (C=O) groups excluding carboxylic acids is 1. The maximum Gasteiger partial charge on any atom is 0.243 e. The van der Waals surface area contributed by atoms with Gasteiger partial charge in [0.15, 0.2) is 0 Å². The van der Waals surface area contributed by atoms with Gasteiger partial charge in [0.2, 0.25) is 15.9 Å². The Kier molecular flexibility index (Phi) is 9.76. The topological polar surface area (TPSA) is 94.3 Å². The highest BCUT2D eigenvalue weighted by atomic mass is 35.5. The molecular formula is C28H34Cl2N4O3S. The summed E-state index contributed by atoms with van der Waals surface area (Å²) in [5.41, 5.74) is 3.72. The van der Waals surface area contributed by atoms with E-state index in [1.165, 1.54) is 17.9 Å². The summed E-state index contributed by atoms with van der Waals surface area (Å²) in [6.45, 7) is 3.82. The number of H-pyrrole nitrogens is 1. The van der Waals surface area contributed by atoms with Crippen LogP contribution in [0.25, 0.3) is 17.0 Å².